The summed E-state index contributed by atoms with van der Waals surface area (Å²) in [5.41, 5.74) is -0.622. The minimum atomic E-state index is -1.70. The molecule has 0 radical (unpaired) electrons. The van der Waals surface area contributed by atoms with Crippen LogP contribution < -0.4 is 5.32 Å². The molecule has 0 unspecified atom stereocenters. The van der Waals surface area contributed by atoms with Gasteiger partial charge >= 0.3 is 0 Å². The van der Waals surface area contributed by atoms with Crippen molar-refractivity contribution in [3.63, 3.8) is 0 Å². The lowest BCUT2D eigenvalue weighted by atomic mass is 10.0. The molecule has 2 amide bonds. The second-order valence-corrected chi connectivity index (χ2v) is 5.95. The van der Waals surface area contributed by atoms with Gasteiger partial charge in [-0.3, -0.25) is 9.59 Å². The average molecular weight is 328 g/mol. The highest BCUT2D eigenvalue weighted by Gasteiger charge is 2.31. The number of nitrogens with zero attached hydrogens (tertiary/aromatic N) is 1. The number of rotatable bonds is 4. The molecule has 4 nitrogen and oxygen atoms in total. The first kappa shape index (κ1) is 17.3. The van der Waals surface area contributed by atoms with E-state index in [0.717, 1.165) is 18.9 Å². The highest BCUT2D eigenvalue weighted by atomic mass is 19.2. The molecule has 1 heterocycles. The summed E-state index contributed by atoms with van der Waals surface area (Å²) in [7, 11) is 0. The highest BCUT2D eigenvalue weighted by Crippen LogP contribution is 2.17. The van der Waals surface area contributed by atoms with E-state index in [2.05, 4.69) is 5.32 Å². The van der Waals surface area contributed by atoms with Crippen molar-refractivity contribution in [2.45, 2.75) is 32.7 Å². The van der Waals surface area contributed by atoms with Crippen molar-refractivity contribution in [2.24, 2.45) is 5.92 Å². The smallest absolute Gasteiger partial charge is 0.255 e. The second kappa shape index (κ2) is 7.02. The number of benzene rings is 1. The van der Waals surface area contributed by atoms with Crippen LogP contribution in [0.3, 0.4) is 0 Å². The first-order valence-electron chi connectivity index (χ1n) is 7.56. The van der Waals surface area contributed by atoms with Gasteiger partial charge in [0.05, 0.1) is 5.56 Å². The van der Waals surface area contributed by atoms with Gasteiger partial charge in [-0.05, 0) is 30.9 Å². The van der Waals surface area contributed by atoms with Gasteiger partial charge in [0.1, 0.15) is 6.04 Å². The zero-order valence-corrected chi connectivity index (χ0v) is 13.0. The molecule has 1 atom stereocenters. The second-order valence-electron chi connectivity index (χ2n) is 5.95. The molecule has 126 valence electrons. The van der Waals surface area contributed by atoms with E-state index >= 15 is 0 Å². The zero-order chi connectivity index (χ0) is 17.1. The lowest BCUT2D eigenvalue weighted by Crippen LogP contribution is -2.50. The van der Waals surface area contributed by atoms with E-state index in [1.807, 2.05) is 0 Å². The van der Waals surface area contributed by atoms with Crippen LogP contribution in [0.4, 0.5) is 13.2 Å². The minimum absolute atomic E-state index is 0.222. The standard InChI is InChI=1S/C16H19F3N2O2/c1-9(2)14(16(23)21-7-3-4-8-21)20-15(22)10-5-6-11(17)13(19)12(10)18/h5-6,9,14H,3-4,7-8H2,1-2H3,(H,20,22)/t14-/m1/s1. The number of nitrogens with one attached hydrogen (secondary N) is 1. The largest absolute Gasteiger partial charge is 0.341 e. The molecular formula is C16H19F3N2O2. The van der Waals surface area contributed by atoms with Crippen molar-refractivity contribution in [2.75, 3.05) is 13.1 Å². The van der Waals surface area contributed by atoms with Crippen LogP contribution in [0.2, 0.25) is 0 Å². The van der Waals surface area contributed by atoms with E-state index in [4.69, 9.17) is 0 Å². The molecule has 7 heteroatoms. The van der Waals surface area contributed by atoms with Gasteiger partial charge in [-0.15, -0.1) is 0 Å². The van der Waals surface area contributed by atoms with E-state index in [1.54, 1.807) is 18.7 Å². The Morgan fingerprint density at radius 1 is 1.09 bits per heavy atom. The predicted octanol–water partition coefficient (Wildman–Crippen LogP) is 2.48. The van der Waals surface area contributed by atoms with Crippen molar-refractivity contribution in [1.82, 2.24) is 10.2 Å². The molecule has 1 aliphatic heterocycles. The van der Waals surface area contributed by atoms with Gasteiger partial charge in [0.15, 0.2) is 17.5 Å². The van der Waals surface area contributed by atoms with Gasteiger partial charge in [-0.2, -0.15) is 0 Å². The number of carbonyl (C=O) groups is 2. The third-order valence-electron chi connectivity index (χ3n) is 3.92. The number of hydrogen-bond donors (Lipinski definition) is 1. The van der Waals surface area contributed by atoms with E-state index in [-0.39, 0.29) is 11.8 Å². The molecule has 0 bridgehead atoms. The summed E-state index contributed by atoms with van der Waals surface area (Å²) < 4.78 is 39.9. The Bertz CT molecular complexity index is 614. The molecule has 1 aliphatic rings. The third kappa shape index (κ3) is 3.65. The van der Waals surface area contributed by atoms with Gasteiger partial charge in [-0.1, -0.05) is 13.8 Å². The maximum absolute atomic E-state index is 13.7. The first-order valence-corrected chi connectivity index (χ1v) is 7.56. The molecule has 2 rings (SSSR count). The monoisotopic (exact) mass is 328 g/mol. The summed E-state index contributed by atoms with van der Waals surface area (Å²) >= 11 is 0. The SMILES string of the molecule is CC(C)[C@@H](NC(=O)c1ccc(F)c(F)c1F)C(=O)N1CCCC1. The molecule has 0 aliphatic carbocycles. The van der Waals surface area contributed by atoms with Crippen molar-refractivity contribution in [1.29, 1.82) is 0 Å². The quantitative estimate of drug-likeness (QED) is 0.863. The van der Waals surface area contributed by atoms with Crippen molar-refractivity contribution >= 4 is 11.8 Å². The van der Waals surface area contributed by atoms with E-state index in [1.165, 1.54) is 0 Å². The molecule has 1 aromatic rings. The molecule has 0 aromatic heterocycles. The van der Waals surface area contributed by atoms with Crippen molar-refractivity contribution in [3.8, 4) is 0 Å². The fourth-order valence-electron chi connectivity index (χ4n) is 2.57. The van der Waals surface area contributed by atoms with Gasteiger partial charge < -0.3 is 10.2 Å². The Kier molecular flexibility index (Phi) is 5.28. The normalized spacial score (nSPS) is 15.8. The molecule has 0 spiro atoms. The predicted molar refractivity (Wildman–Crippen MR) is 78.2 cm³/mol. The number of halogens is 3. The molecular weight excluding hydrogens is 309 g/mol. The van der Waals surface area contributed by atoms with Gasteiger partial charge in [-0.25, -0.2) is 13.2 Å². The van der Waals surface area contributed by atoms with Crippen LogP contribution in [0, 0.1) is 23.4 Å². The van der Waals surface area contributed by atoms with E-state index in [9.17, 15) is 22.8 Å². The van der Waals surface area contributed by atoms with Crippen LogP contribution in [0.15, 0.2) is 12.1 Å². The minimum Gasteiger partial charge on any atom is -0.341 e. The van der Waals surface area contributed by atoms with Crippen LogP contribution in [-0.4, -0.2) is 35.8 Å². The fourth-order valence-corrected chi connectivity index (χ4v) is 2.57. The Morgan fingerprint density at radius 2 is 1.70 bits per heavy atom. The molecule has 1 N–H and O–H groups in total. The van der Waals surface area contributed by atoms with E-state index < -0.39 is 35.0 Å². The van der Waals surface area contributed by atoms with Crippen LogP contribution >= 0.6 is 0 Å². The Morgan fingerprint density at radius 3 is 2.26 bits per heavy atom. The van der Waals surface area contributed by atoms with Crippen molar-refractivity contribution in [3.05, 3.63) is 35.1 Å². The molecule has 23 heavy (non-hydrogen) atoms. The lowest BCUT2D eigenvalue weighted by Gasteiger charge is -2.26. The van der Waals surface area contributed by atoms with E-state index in [0.29, 0.717) is 19.2 Å². The first-order chi connectivity index (χ1) is 10.8. The fraction of sp³-hybridized carbons (Fsp3) is 0.500. The van der Waals surface area contributed by atoms with Crippen molar-refractivity contribution < 1.29 is 22.8 Å². The molecule has 0 saturated carbocycles. The summed E-state index contributed by atoms with van der Waals surface area (Å²) in [5, 5.41) is 2.44. The number of likely N-dealkylation sites (tertiary alicyclic amines) is 1. The molecule has 1 fully saturated rings. The Labute approximate surface area is 132 Å². The van der Waals surface area contributed by atoms with Crippen LogP contribution in [0.5, 0.6) is 0 Å². The zero-order valence-electron chi connectivity index (χ0n) is 13.0. The Balaban J connectivity index is 2.18. The highest BCUT2D eigenvalue weighted by molar-refractivity contribution is 5.97. The summed E-state index contributed by atoms with van der Waals surface area (Å²) in [6, 6.07) is 0.703. The maximum Gasteiger partial charge on any atom is 0.255 e. The summed E-state index contributed by atoms with van der Waals surface area (Å²) in [4.78, 5) is 26.2. The number of carbonyl (C=O) groups excluding carboxylic acids is 2. The third-order valence-corrected chi connectivity index (χ3v) is 3.92. The summed E-state index contributed by atoms with van der Waals surface area (Å²) in [6.07, 6.45) is 1.81. The topological polar surface area (TPSA) is 49.4 Å². The summed E-state index contributed by atoms with van der Waals surface area (Å²) in [6.45, 7) is 4.75. The van der Waals surface area contributed by atoms with Crippen LogP contribution in [0.25, 0.3) is 0 Å². The van der Waals surface area contributed by atoms with Crippen LogP contribution in [0.1, 0.15) is 37.0 Å². The number of amides is 2. The number of hydrogen-bond acceptors (Lipinski definition) is 2. The van der Waals surface area contributed by atoms with Crippen LogP contribution in [-0.2, 0) is 4.79 Å². The Hall–Kier alpha value is -2.05. The van der Waals surface area contributed by atoms with Gasteiger partial charge in [0, 0.05) is 13.1 Å². The molecule has 1 aromatic carbocycles. The molecule has 1 saturated heterocycles. The van der Waals surface area contributed by atoms with Gasteiger partial charge in [0.2, 0.25) is 5.91 Å². The summed E-state index contributed by atoms with van der Waals surface area (Å²) in [5.74, 6) is -6.03. The maximum atomic E-state index is 13.7. The average Bonchev–Trinajstić information content (AvgIpc) is 3.03. The van der Waals surface area contributed by atoms with Gasteiger partial charge in [0.25, 0.3) is 5.91 Å². The lowest BCUT2D eigenvalue weighted by molar-refractivity contribution is -0.133.